The molecule has 6 rings (SSSR count). The van der Waals surface area contributed by atoms with Gasteiger partial charge >= 0.3 is 5.97 Å². The zero-order valence-electron chi connectivity index (χ0n) is 25.3. The number of hydrogen-bond acceptors (Lipinski definition) is 7. The van der Waals surface area contributed by atoms with Crippen LogP contribution in [0.1, 0.15) is 77.3 Å². The van der Waals surface area contributed by atoms with E-state index in [0.29, 0.717) is 48.8 Å². The van der Waals surface area contributed by atoms with Crippen LogP contribution in [0.2, 0.25) is 0 Å². The molecule has 1 aromatic carbocycles. The van der Waals surface area contributed by atoms with E-state index in [1.165, 1.54) is 13.2 Å². The second-order valence-electron chi connectivity index (χ2n) is 12.7. The first-order chi connectivity index (χ1) is 20.4. The number of aromatic nitrogens is 2. The second-order valence-corrected chi connectivity index (χ2v) is 12.7. The molecule has 0 bridgehead atoms. The zero-order chi connectivity index (χ0) is 30.7. The van der Waals surface area contributed by atoms with Gasteiger partial charge in [0.15, 0.2) is 11.6 Å². The van der Waals surface area contributed by atoms with Crippen LogP contribution in [-0.4, -0.2) is 65.6 Å². The normalized spacial score (nSPS) is 18.7. The number of amides is 1. The molecule has 1 saturated heterocycles. The first kappa shape index (κ1) is 29.0. The molecule has 2 aromatic heterocycles. The van der Waals surface area contributed by atoms with Crippen LogP contribution in [0.15, 0.2) is 36.4 Å². The third-order valence-electron chi connectivity index (χ3n) is 9.37. The molecule has 0 atom stereocenters. The van der Waals surface area contributed by atoms with Gasteiger partial charge in [-0.2, -0.15) is 0 Å². The van der Waals surface area contributed by atoms with Crippen molar-refractivity contribution >= 4 is 29.1 Å². The van der Waals surface area contributed by atoms with Gasteiger partial charge in [0.05, 0.1) is 35.3 Å². The van der Waals surface area contributed by atoms with Crippen molar-refractivity contribution in [3.8, 4) is 0 Å². The minimum Gasteiger partial charge on any atom is -0.465 e. The number of hydrogen-bond donors (Lipinski definition) is 0. The molecule has 1 amide bonds. The quantitative estimate of drug-likeness (QED) is 0.353. The van der Waals surface area contributed by atoms with Gasteiger partial charge < -0.3 is 19.4 Å². The molecule has 2 fully saturated rings. The highest BCUT2D eigenvalue weighted by Crippen LogP contribution is 2.52. The monoisotopic (exact) mass is 589 g/mol. The van der Waals surface area contributed by atoms with E-state index in [2.05, 4.69) is 4.90 Å². The molecule has 1 aliphatic carbocycles. The van der Waals surface area contributed by atoms with Crippen molar-refractivity contribution in [1.82, 2.24) is 14.9 Å². The highest BCUT2D eigenvalue weighted by molar-refractivity contribution is 5.94. The summed E-state index contributed by atoms with van der Waals surface area (Å²) >= 11 is 0. The molecule has 2 aliphatic heterocycles. The lowest BCUT2D eigenvalue weighted by molar-refractivity contribution is 0.0505. The Hall–Kier alpha value is -4.08. The number of benzene rings is 1. The standard InChI is InChI=1S/C33H37F2N5O3/c1-20-16-27(36-21(2)28(20)31(42)43-5)38-14-15-40(32(3,4)18-38)30(41)25-10-11-26-29(37-25)33(12-6-7-13-33)19-39(26)22-8-9-23(34)24(35)17-22/h8-11,16-17H,6-7,12-15,18-19H2,1-5H3. The molecule has 3 aromatic rings. The second kappa shape index (κ2) is 10.6. The lowest BCUT2D eigenvalue weighted by Crippen LogP contribution is -2.61. The Balaban J connectivity index is 1.27. The van der Waals surface area contributed by atoms with Crippen molar-refractivity contribution in [2.24, 2.45) is 0 Å². The molecule has 1 saturated carbocycles. The van der Waals surface area contributed by atoms with E-state index in [1.54, 1.807) is 19.1 Å². The summed E-state index contributed by atoms with van der Waals surface area (Å²) < 4.78 is 32.8. The minimum atomic E-state index is -0.882. The van der Waals surface area contributed by atoms with Crippen LogP contribution in [0.4, 0.5) is 26.0 Å². The van der Waals surface area contributed by atoms with Gasteiger partial charge in [0.2, 0.25) is 0 Å². The van der Waals surface area contributed by atoms with Gasteiger partial charge in [-0.1, -0.05) is 12.8 Å². The SMILES string of the molecule is COC(=O)c1c(C)cc(N2CCN(C(=O)c3ccc4c(n3)C3(CCCC3)CN4c3ccc(F)c(F)c3)C(C)(C)C2)nc1C. The van der Waals surface area contributed by atoms with Crippen molar-refractivity contribution in [1.29, 1.82) is 0 Å². The Labute approximate surface area is 250 Å². The Morgan fingerprint density at radius 1 is 0.930 bits per heavy atom. The highest BCUT2D eigenvalue weighted by Gasteiger charge is 2.47. The third-order valence-corrected chi connectivity index (χ3v) is 9.37. The van der Waals surface area contributed by atoms with E-state index >= 15 is 0 Å². The Morgan fingerprint density at radius 2 is 1.67 bits per heavy atom. The van der Waals surface area contributed by atoms with Crippen molar-refractivity contribution < 1.29 is 23.1 Å². The van der Waals surface area contributed by atoms with Gasteiger partial charge in [-0.3, -0.25) is 4.79 Å². The molecule has 3 aliphatic rings. The summed E-state index contributed by atoms with van der Waals surface area (Å²) in [5, 5.41) is 0. The summed E-state index contributed by atoms with van der Waals surface area (Å²) in [5.74, 6) is -1.53. The van der Waals surface area contributed by atoms with E-state index in [4.69, 9.17) is 14.7 Å². The Kier molecular flexibility index (Phi) is 7.13. The maximum atomic E-state index is 14.2. The van der Waals surface area contributed by atoms with Crippen molar-refractivity contribution in [2.45, 2.75) is 64.3 Å². The fourth-order valence-electron chi connectivity index (χ4n) is 7.22. The topological polar surface area (TPSA) is 78.9 Å². The fraction of sp³-hybridized carbons (Fsp3) is 0.455. The molecule has 226 valence electrons. The minimum absolute atomic E-state index is 0.131. The molecule has 43 heavy (non-hydrogen) atoms. The van der Waals surface area contributed by atoms with E-state index in [0.717, 1.165) is 54.5 Å². The Bertz CT molecular complexity index is 1600. The lowest BCUT2D eigenvalue weighted by atomic mass is 9.84. The van der Waals surface area contributed by atoms with E-state index in [9.17, 15) is 18.4 Å². The molecule has 10 heteroatoms. The molecule has 4 heterocycles. The molecule has 0 radical (unpaired) electrons. The summed E-state index contributed by atoms with van der Waals surface area (Å²) in [6.45, 7) is 10.0. The number of anilines is 3. The van der Waals surface area contributed by atoms with Gasteiger partial charge in [0.25, 0.3) is 5.91 Å². The van der Waals surface area contributed by atoms with Gasteiger partial charge in [0.1, 0.15) is 11.5 Å². The Morgan fingerprint density at radius 3 is 2.33 bits per heavy atom. The average molecular weight is 590 g/mol. The van der Waals surface area contributed by atoms with Crippen LogP contribution >= 0.6 is 0 Å². The number of aryl methyl sites for hydroxylation is 2. The number of carbonyl (C=O) groups excluding carboxylic acids is 2. The maximum absolute atomic E-state index is 14.2. The molecule has 0 unspecified atom stereocenters. The van der Waals surface area contributed by atoms with Crippen molar-refractivity contribution in [3.63, 3.8) is 0 Å². The van der Waals surface area contributed by atoms with Crippen molar-refractivity contribution in [3.05, 3.63) is 76.2 Å². The number of rotatable bonds is 4. The molecule has 8 nitrogen and oxygen atoms in total. The predicted molar refractivity (Wildman–Crippen MR) is 160 cm³/mol. The van der Waals surface area contributed by atoms with Gasteiger partial charge in [-0.05, 0) is 76.4 Å². The first-order valence-electron chi connectivity index (χ1n) is 14.8. The van der Waals surface area contributed by atoms with Crippen LogP contribution in [0, 0.1) is 25.5 Å². The van der Waals surface area contributed by atoms with Crippen LogP contribution in [0.5, 0.6) is 0 Å². The molecular formula is C33H37F2N5O3. The number of pyridine rings is 2. The summed E-state index contributed by atoms with van der Waals surface area (Å²) in [6, 6.07) is 9.54. The lowest BCUT2D eigenvalue weighted by Gasteiger charge is -2.47. The third kappa shape index (κ3) is 4.90. The van der Waals surface area contributed by atoms with Crippen LogP contribution < -0.4 is 9.80 Å². The zero-order valence-corrected chi connectivity index (χ0v) is 25.3. The van der Waals surface area contributed by atoms with E-state index in [-0.39, 0.29) is 11.3 Å². The average Bonchev–Trinajstić information content (AvgIpc) is 3.58. The van der Waals surface area contributed by atoms with Crippen molar-refractivity contribution in [2.75, 3.05) is 43.1 Å². The predicted octanol–water partition coefficient (Wildman–Crippen LogP) is 5.86. The number of nitrogens with zero attached hydrogens (tertiary/aromatic N) is 5. The number of esters is 1. The molecule has 0 N–H and O–H groups in total. The van der Waals surface area contributed by atoms with Gasteiger partial charge in [0, 0.05) is 43.3 Å². The van der Waals surface area contributed by atoms with E-state index in [1.807, 2.05) is 42.7 Å². The number of methoxy groups -OCH3 is 1. The maximum Gasteiger partial charge on any atom is 0.339 e. The molecular weight excluding hydrogens is 552 g/mol. The highest BCUT2D eigenvalue weighted by atomic mass is 19.2. The summed E-state index contributed by atoms with van der Waals surface area (Å²) in [4.78, 5) is 42.0. The summed E-state index contributed by atoms with van der Waals surface area (Å²) in [7, 11) is 1.36. The number of halogens is 2. The largest absolute Gasteiger partial charge is 0.465 e. The number of carbonyl (C=O) groups is 2. The van der Waals surface area contributed by atoms with Gasteiger partial charge in [-0.25, -0.2) is 23.5 Å². The molecule has 1 spiro atoms. The number of fused-ring (bicyclic) bond motifs is 2. The van der Waals surface area contributed by atoms with Gasteiger partial charge in [-0.15, -0.1) is 0 Å². The van der Waals surface area contributed by atoms with Crippen LogP contribution in [0.25, 0.3) is 0 Å². The number of piperazine rings is 1. The summed E-state index contributed by atoms with van der Waals surface area (Å²) in [6.07, 6.45) is 4.01. The van der Waals surface area contributed by atoms with E-state index < -0.39 is 23.1 Å². The number of ether oxygens (including phenoxy) is 1. The van der Waals surface area contributed by atoms with Crippen LogP contribution in [-0.2, 0) is 10.2 Å². The smallest absolute Gasteiger partial charge is 0.339 e. The van der Waals surface area contributed by atoms with Crippen LogP contribution in [0.3, 0.4) is 0 Å². The summed E-state index contributed by atoms with van der Waals surface area (Å²) in [5.41, 5.74) is 3.84. The first-order valence-corrected chi connectivity index (χ1v) is 14.8. The fourth-order valence-corrected chi connectivity index (χ4v) is 7.22.